The average Bonchev–Trinajstić information content (AvgIpc) is 2.60. The fraction of sp³-hybridized carbons (Fsp3) is 0.600. The molecule has 1 aliphatic rings. The van der Waals surface area contributed by atoms with E-state index in [2.05, 4.69) is 17.1 Å². The van der Waals surface area contributed by atoms with E-state index in [1.807, 2.05) is 0 Å². The van der Waals surface area contributed by atoms with Crippen LogP contribution < -0.4 is 5.32 Å². The van der Waals surface area contributed by atoms with Crippen LogP contribution in [0, 0.1) is 11.6 Å². The fourth-order valence-corrected chi connectivity index (χ4v) is 2.68. The van der Waals surface area contributed by atoms with Gasteiger partial charge in [-0.1, -0.05) is 13.0 Å². The Bertz CT molecular complexity index is 389. The molecule has 2 nitrogen and oxygen atoms in total. The molecule has 0 aliphatic carbocycles. The first-order valence-electron chi connectivity index (χ1n) is 7.13. The van der Waals surface area contributed by atoms with Crippen molar-refractivity contribution in [2.75, 3.05) is 25.0 Å². The molecule has 1 aliphatic heterocycles. The van der Waals surface area contributed by atoms with Crippen molar-refractivity contribution in [3.63, 3.8) is 0 Å². The third-order valence-electron chi connectivity index (χ3n) is 3.67. The van der Waals surface area contributed by atoms with Gasteiger partial charge in [0.1, 0.15) is 17.3 Å². The molecule has 0 bridgehead atoms. The fourth-order valence-electron chi connectivity index (χ4n) is 2.68. The average molecular weight is 268 g/mol. The summed E-state index contributed by atoms with van der Waals surface area (Å²) in [6.07, 6.45) is 4.13. The molecule has 1 aromatic carbocycles. The first-order chi connectivity index (χ1) is 9.20. The third kappa shape index (κ3) is 3.90. The Morgan fingerprint density at radius 3 is 2.63 bits per heavy atom. The van der Waals surface area contributed by atoms with E-state index in [0.29, 0.717) is 0 Å². The summed E-state index contributed by atoms with van der Waals surface area (Å²) >= 11 is 0. The molecule has 0 aromatic heterocycles. The molecule has 1 heterocycles. The van der Waals surface area contributed by atoms with Gasteiger partial charge in [0.05, 0.1) is 0 Å². The van der Waals surface area contributed by atoms with Gasteiger partial charge in [-0.2, -0.15) is 0 Å². The predicted octanol–water partition coefficient (Wildman–Crippen LogP) is 3.64. The molecule has 0 radical (unpaired) electrons. The molecular weight excluding hydrogens is 246 g/mol. The molecule has 0 saturated carbocycles. The lowest BCUT2D eigenvalue weighted by Gasteiger charge is -2.20. The van der Waals surface area contributed by atoms with E-state index in [1.165, 1.54) is 18.2 Å². The zero-order valence-electron chi connectivity index (χ0n) is 11.5. The van der Waals surface area contributed by atoms with Gasteiger partial charge in [-0.05, 0) is 50.9 Å². The van der Waals surface area contributed by atoms with E-state index in [0.717, 1.165) is 45.3 Å². The zero-order valence-corrected chi connectivity index (χ0v) is 11.5. The minimum atomic E-state index is -0.505. The number of nitrogens with one attached hydrogen (secondary N) is 1. The highest BCUT2D eigenvalue weighted by Crippen LogP contribution is 2.22. The largest absolute Gasteiger partial charge is 0.378 e. The number of hydrogen-bond donors (Lipinski definition) is 1. The van der Waals surface area contributed by atoms with Crippen LogP contribution in [0.4, 0.5) is 14.5 Å². The van der Waals surface area contributed by atoms with Crippen LogP contribution in [0.25, 0.3) is 0 Å². The molecule has 1 atom stereocenters. The van der Waals surface area contributed by atoms with Gasteiger partial charge >= 0.3 is 0 Å². The Hall–Kier alpha value is -1.16. The summed E-state index contributed by atoms with van der Waals surface area (Å²) in [5.41, 5.74) is 0.0245. The first-order valence-corrected chi connectivity index (χ1v) is 7.13. The van der Waals surface area contributed by atoms with Crippen LogP contribution in [0.2, 0.25) is 0 Å². The van der Waals surface area contributed by atoms with Gasteiger partial charge in [-0.15, -0.1) is 0 Å². The van der Waals surface area contributed by atoms with Crippen LogP contribution in [0.3, 0.4) is 0 Å². The van der Waals surface area contributed by atoms with Crippen LogP contribution in [-0.2, 0) is 0 Å². The van der Waals surface area contributed by atoms with Crippen molar-refractivity contribution < 1.29 is 8.78 Å². The molecule has 1 unspecified atom stereocenters. The maximum absolute atomic E-state index is 13.6. The van der Waals surface area contributed by atoms with E-state index < -0.39 is 11.6 Å². The minimum Gasteiger partial charge on any atom is -0.378 e. The van der Waals surface area contributed by atoms with Gasteiger partial charge in [-0.25, -0.2) is 8.78 Å². The van der Waals surface area contributed by atoms with E-state index in [-0.39, 0.29) is 11.7 Å². The highest BCUT2D eigenvalue weighted by molar-refractivity contribution is 5.46. The second-order valence-electron chi connectivity index (χ2n) is 5.21. The monoisotopic (exact) mass is 268 g/mol. The van der Waals surface area contributed by atoms with E-state index in [4.69, 9.17) is 0 Å². The quantitative estimate of drug-likeness (QED) is 0.897. The van der Waals surface area contributed by atoms with Gasteiger partial charge in [-0.3, -0.25) is 0 Å². The van der Waals surface area contributed by atoms with Crippen LogP contribution >= 0.6 is 0 Å². The van der Waals surface area contributed by atoms with Crippen molar-refractivity contribution in [2.24, 2.45) is 0 Å². The van der Waals surface area contributed by atoms with Crippen LogP contribution in [-0.4, -0.2) is 30.6 Å². The smallest absolute Gasteiger partial charge is 0.149 e. The molecule has 1 N–H and O–H groups in total. The Morgan fingerprint density at radius 2 is 1.95 bits per heavy atom. The molecular formula is C15H22F2N2. The highest BCUT2D eigenvalue weighted by Gasteiger charge is 2.18. The van der Waals surface area contributed by atoms with Crippen molar-refractivity contribution in [1.29, 1.82) is 0 Å². The van der Waals surface area contributed by atoms with Crippen molar-refractivity contribution in [2.45, 2.75) is 38.6 Å². The van der Waals surface area contributed by atoms with Gasteiger partial charge in [0.25, 0.3) is 0 Å². The standard InChI is InChI=1S/C15H22F2N2/c1-2-9-19-10-4-5-12(8-11-19)18-15-13(16)6-3-7-14(15)17/h3,6-7,12,18H,2,4-5,8-11H2,1H3. The Morgan fingerprint density at radius 1 is 1.21 bits per heavy atom. The molecule has 2 rings (SSSR count). The maximum atomic E-state index is 13.6. The Labute approximate surface area is 113 Å². The number of anilines is 1. The number of rotatable bonds is 4. The van der Waals surface area contributed by atoms with Crippen LogP contribution in [0.5, 0.6) is 0 Å². The van der Waals surface area contributed by atoms with Crippen LogP contribution in [0.1, 0.15) is 32.6 Å². The molecule has 0 amide bonds. The molecule has 4 heteroatoms. The number of hydrogen-bond acceptors (Lipinski definition) is 2. The van der Waals surface area contributed by atoms with Crippen molar-refractivity contribution >= 4 is 5.69 Å². The summed E-state index contributed by atoms with van der Waals surface area (Å²) < 4.78 is 27.2. The second kappa shape index (κ2) is 6.85. The first kappa shape index (κ1) is 14.3. The normalized spacial score (nSPS) is 21.1. The molecule has 19 heavy (non-hydrogen) atoms. The number of benzene rings is 1. The lowest BCUT2D eigenvalue weighted by molar-refractivity contribution is 0.285. The molecule has 106 valence electrons. The predicted molar refractivity (Wildman–Crippen MR) is 74.4 cm³/mol. The molecule has 1 aromatic rings. The van der Waals surface area contributed by atoms with Crippen molar-refractivity contribution in [3.05, 3.63) is 29.8 Å². The van der Waals surface area contributed by atoms with Crippen LogP contribution in [0.15, 0.2) is 18.2 Å². The molecule has 1 saturated heterocycles. The van der Waals surface area contributed by atoms with Gasteiger partial charge in [0, 0.05) is 12.6 Å². The lowest BCUT2D eigenvalue weighted by atomic mass is 10.1. The van der Waals surface area contributed by atoms with E-state index in [9.17, 15) is 8.78 Å². The van der Waals surface area contributed by atoms with Gasteiger partial charge < -0.3 is 10.2 Å². The summed E-state index contributed by atoms with van der Waals surface area (Å²) in [6.45, 7) is 5.38. The summed E-state index contributed by atoms with van der Waals surface area (Å²) in [6, 6.07) is 4.15. The maximum Gasteiger partial charge on any atom is 0.149 e. The molecule has 0 spiro atoms. The number of nitrogens with zero attached hydrogens (tertiary/aromatic N) is 1. The summed E-state index contributed by atoms with van der Waals surface area (Å²) in [5.74, 6) is -1.01. The number of para-hydroxylation sites is 1. The zero-order chi connectivity index (χ0) is 13.7. The topological polar surface area (TPSA) is 15.3 Å². The summed E-state index contributed by atoms with van der Waals surface area (Å²) in [4.78, 5) is 2.43. The number of likely N-dealkylation sites (tertiary alicyclic amines) is 1. The van der Waals surface area contributed by atoms with Crippen molar-refractivity contribution in [1.82, 2.24) is 4.90 Å². The van der Waals surface area contributed by atoms with E-state index >= 15 is 0 Å². The third-order valence-corrected chi connectivity index (χ3v) is 3.67. The summed E-state index contributed by atoms with van der Waals surface area (Å²) in [7, 11) is 0. The highest BCUT2D eigenvalue weighted by atomic mass is 19.1. The minimum absolute atomic E-state index is 0.0245. The Balaban J connectivity index is 1.96. The SMILES string of the molecule is CCCN1CCCC(Nc2c(F)cccc2F)CC1. The second-order valence-corrected chi connectivity index (χ2v) is 5.21. The lowest BCUT2D eigenvalue weighted by Crippen LogP contribution is -2.27. The Kier molecular flexibility index (Phi) is 5.14. The van der Waals surface area contributed by atoms with Gasteiger partial charge in [0.2, 0.25) is 0 Å². The number of halogens is 2. The van der Waals surface area contributed by atoms with E-state index in [1.54, 1.807) is 0 Å². The summed E-state index contributed by atoms with van der Waals surface area (Å²) in [5, 5.41) is 3.04. The molecule has 1 fully saturated rings. The van der Waals surface area contributed by atoms with Gasteiger partial charge in [0.15, 0.2) is 0 Å². The van der Waals surface area contributed by atoms with Crippen molar-refractivity contribution in [3.8, 4) is 0 Å².